The highest BCUT2D eigenvalue weighted by Crippen LogP contribution is 2.30. The molecule has 0 saturated carbocycles. The zero-order valence-corrected chi connectivity index (χ0v) is 16.6. The Bertz CT molecular complexity index is 938. The summed E-state index contributed by atoms with van der Waals surface area (Å²) in [6, 6.07) is 12.5. The summed E-state index contributed by atoms with van der Waals surface area (Å²) in [5.41, 5.74) is 0.839. The number of imide groups is 1. The Morgan fingerprint density at radius 1 is 1.07 bits per heavy atom. The monoisotopic (exact) mass is 399 g/mol. The number of para-hydroxylation sites is 1. The number of hydrogen-bond donors (Lipinski definition) is 2. The van der Waals surface area contributed by atoms with Crippen LogP contribution in [0.4, 0.5) is 4.79 Å². The molecule has 146 valence electrons. The van der Waals surface area contributed by atoms with Crippen LogP contribution in [0.1, 0.15) is 20.8 Å². The van der Waals surface area contributed by atoms with Crippen LogP contribution in [0.2, 0.25) is 0 Å². The normalized spacial score (nSPS) is 12.0. The predicted molar refractivity (Wildman–Crippen MR) is 106 cm³/mol. The number of aromatic nitrogens is 3. The third-order valence-corrected chi connectivity index (χ3v) is 4.74. The second-order valence-electron chi connectivity index (χ2n) is 6.33. The summed E-state index contributed by atoms with van der Waals surface area (Å²) in [6.45, 7) is 5.35. The highest BCUT2D eigenvalue weighted by atomic mass is 32.2. The van der Waals surface area contributed by atoms with Crippen LogP contribution in [0.5, 0.6) is 0 Å². The zero-order valence-electron chi connectivity index (χ0n) is 15.7. The molecule has 3 rings (SSSR count). The molecule has 3 aromatic rings. The van der Waals surface area contributed by atoms with Gasteiger partial charge in [-0.3, -0.25) is 14.7 Å². The molecule has 0 spiro atoms. The van der Waals surface area contributed by atoms with E-state index >= 15 is 0 Å². The molecule has 0 aliphatic heterocycles. The van der Waals surface area contributed by atoms with Crippen molar-refractivity contribution in [3.05, 3.63) is 48.7 Å². The number of benzene rings is 1. The van der Waals surface area contributed by atoms with Gasteiger partial charge in [-0.25, -0.2) is 4.79 Å². The van der Waals surface area contributed by atoms with Gasteiger partial charge in [-0.05, 0) is 45.0 Å². The topological polar surface area (TPSA) is 102 Å². The highest BCUT2D eigenvalue weighted by molar-refractivity contribution is 8.00. The number of rotatable bonds is 6. The maximum Gasteiger partial charge on any atom is 0.321 e. The van der Waals surface area contributed by atoms with Crippen molar-refractivity contribution in [2.24, 2.45) is 0 Å². The Kier molecular flexibility index (Phi) is 6.15. The molecule has 8 nitrogen and oxygen atoms in total. The average molecular weight is 399 g/mol. The van der Waals surface area contributed by atoms with Gasteiger partial charge in [0.1, 0.15) is 0 Å². The quantitative estimate of drug-likeness (QED) is 0.617. The second kappa shape index (κ2) is 8.75. The number of carbonyl (C=O) groups excluding carboxylic acids is 2. The van der Waals surface area contributed by atoms with Crippen LogP contribution < -0.4 is 10.6 Å². The summed E-state index contributed by atoms with van der Waals surface area (Å²) in [6.07, 6.45) is 1.57. The van der Waals surface area contributed by atoms with E-state index < -0.39 is 17.2 Å². The van der Waals surface area contributed by atoms with Crippen LogP contribution in [-0.2, 0) is 4.79 Å². The molecule has 0 fully saturated rings. The first-order valence-corrected chi connectivity index (χ1v) is 9.66. The first kappa shape index (κ1) is 19.7. The second-order valence-corrected chi connectivity index (χ2v) is 7.64. The summed E-state index contributed by atoms with van der Waals surface area (Å²) in [5.74, 6) is 0.686. The average Bonchev–Trinajstić information content (AvgIpc) is 3.31. The summed E-state index contributed by atoms with van der Waals surface area (Å²) >= 11 is 1.21. The predicted octanol–water partition coefficient (Wildman–Crippen LogP) is 3.24. The minimum Gasteiger partial charge on any atom is -0.461 e. The van der Waals surface area contributed by atoms with Crippen LogP contribution in [-0.4, -0.2) is 38.0 Å². The number of nitrogens with zero attached hydrogens (tertiary/aromatic N) is 3. The van der Waals surface area contributed by atoms with Gasteiger partial charge in [-0.15, -0.1) is 10.2 Å². The molecule has 1 unspecified atom stereocenters. The Balaban J connectivity index is 1.84. The zero-order chi connectivity index (χ0) is 20.1. The number of amides is 3. The smallest absolute Gasteiger partial charge is 0.321 e. The van der Waals surface area contributed by atoms with Gasteiger partial charge in [-0.2, -0.15) is 0 Å². The van der Waals surface area contributed by atoms with E-state index in [4.69, 9.17) is 4.42 Å². The maximum absolute atomic E-state index is 12.4. The van der Waals surface area contributed by atoms with Gasteiger partial charge in [0.05, 0.1) is 11.5 Å². The molecule has 3 amide bonds. The Morgan fingerprint density at radius 2 is 1.82 bits per heavy atom. The molecule has 2 heterocycles. The summed E-state index contributed by atoms with van der Waals surface area (Å²) in [4.78, 5) is 24.1. The fourth-order valence-corrected chi connectivity index (χ4v) is 3.31. The lowest BCUT2D eigenvalue weighted by Crippen LogP contribution is -2.45. The van der Waals surface area contributed by atoms with Crippen LogP contribution in [0.15, 0.2) is 58.3 Å². The Morgan fingerprint density at radius 3 is 2.46 bits per heavy atom. The third kappa shape index (κ3) is 4.61. The lowest BCUT2D eigenvalue weighted by Gasteiger charge is -2.14. The van der Waals surface area contributed by atoms with Crippen LogP contribution in [0.25, 0.3) is 17.3 Å². The number of carbonyl (C=O) groups is 2. The van der Waals surface area contributed by atoms with E-state index in [1.54, 1.807) is 25.3 Å². The number of hydrogen-bond acceptors (Lipinski definition) is 6. The molecule has 0 aliphatic carbocycles. The first-order chi connectivity index (χ1) is 13.5. The van der Waals surface area contributed by atoms with Crippen LogP contribution in [0.3, 0.4) is 0 Å². The van der Waals surface area contributed by atoms with Gasteiger partial charge in [-0.1, -0.05) is 30.0 Å². The summed E-state index contributed by atoms with van der Waals surface area (Å²) in [7, 11) is 0. The molecule has 2 aromatic heterocycles. The van der Waals surface area contributed by atoms with E-state index in [9.17, 15) is 9.59 Å². The van der Waals surface area contributed by atoms with Gasteiger partial charge in [0, 0.05) is 11.7 Å². The fraction of sp³-hybridized carbons (Fsp3) is 0.263. The minimum absolute atomic E-state index is 0.0622. The Hall–Kier alpha value is -3.07. The number of urea groups is 1. The van der Waals surface area contributed by atoms with E-state index in [1.807, 2.05) is 48.7 Å². The van der Waals surface area contributed by atoms with E-state index in [0.29, 0.717) is 16.7 Å². The highest BCUT2D eigenvalue weighted by Gasteiger charge is 2.23. The van der Waals surface area contributed by atoms with E-state index in [1.165, 1.54) is 11.8 Å². The fourth-order valence-electron chi connectivity index (χ4n) is 2.44. The summed E-state index contributed by atoms with van der Waals surface area (Å²) in [5, 5.41) is 13.4. The largest absolute Gasteiger partial charge is 0.461 e. The van der Waals surface area contributed by atoms with Crippen molar-refractivity contribution >= 4 is 23.7 Å². The lowest BCUT2D eigenvalue weighted by molar-refractivity contribution is -0.119. The molecule has 28 heavy (non-hydrogen) atoms. The molecule has 9 heteroatoms. The van der Waals surface area contributed by atoms with E-state index in [0.717, 1.165) is 5.69 Å². The van der Waals surface area contributed by atoms with Crippen molar-refractivity contribution in [2.75, 3.05) is 0 Å². The Labute approximate surface area is 166 Å². The van der Waals surface area contributed by atoms with Crippen LogP contribution in [0, 0.1) is 0 Å². The van der Waals surface area contributed by atoms with Crippen molar-refractivity contribution in [1.82, 2.24) is 25.4 Å². The van der Waals surface area contributed by atoms with Gasteiger partial charge in [0.2, 0.25) is 11.7 Å². The molecular formula is C19H21N5O3S. The first-order valence-electron chi connectivity index (χ1n) is 8.78. The number of furan rings is 1. The van der Waals surface area contributed by atoms with Crippen molar-refractivity contribution in [1.29, 1.82) is 0 Å². The van der Waals surface area contributed by atoms with Crippen molar-refractivity contribution < 1.29 is 14.0 Å². The molecule has 1 aromatic carbocycles. The summed E-state index contributed by atoms with van der Waals surface area (Å²) < 4.78 is 7.29. The van der Waals surface area contributed by atoms with E-state index in [-0.39, 0.29) is 6.04 Å². The van der Waals surface area contributed by atoms with E-state index in [2.05, 4.69) is 20.8 Å². The molecular weight excluding hydrogens is 378 g/mol. The molecule has 0 bridgehead atoms. The molecule has 0 saturated heterocycles. The van der Waals surface area contributed by atoms with Gasteiger partial charge < -0.3 is 9.73 Å². The van der Waals surface area contributed by atoms with Crippen molar-refractivity contribution in [3.63, 3.8) is 0 Å². The number of thioether (sulfide) groups is 1. The molecule has 1 atom stereocenters. The van der Waals surface area contributed by atoms with Crippen molar-refractivity contribution in [2.45, 2.75) is 37.2 Å². The van der Waals surface area contributed by atoms with Gasteiger partial charge in [0.15, 0.2) is 10.9 Å². The molecule has 0 radical (unpaired) electrons. The number of nitrogens with one attached hydrogen (secondary N) is 2. The molecule has 2 N–H and O–H groups in total. The third-order valence-electron chi connectivity index (χ3n) is 3.70. The molecule has 0 aliphatic rings. The van der Waals surface area contributed by atoms with Gasteiger partial charge in [0.25, 0.3) is 0 Å². The standard InChI is InChI=1S/C19H21N5O3S/c1-12(2)20-18(26)21-17(25)13(3)28-19-23-22-16(15-10-7-11-27-15)24(19)14-8-5-4-6-9-14/h4-13H,1-3H3,(H2,20,21,25,26). The maximum atomic E-state index is 12.4. The van der Waals surface area contributed by atoms with Gasteiger partial charge >= 0.3 is 6.03 Å². The van der Waals surface area contributed by atoms with Crippen LogP contribution >= 0.6 is 11.8 Å². The lowest BCUT2D eigenvalue weighted by atomic mass is 10.3. The SMILES string of the molecule is CC(C)NC(=O)NC(=O)C(C)Sc1nnc(-c2ccco2)n1-c1ccccc1. The van der Waals surface area contributed by atoms with Crippen molar-refractivity contribution in [3.8, 4) is 17.3 Å². The minimum atomic E-state index is -0.561.